The Morgan fingerprint density at radius 3 is 2.28 bits per heavy atom. The van der Waals surface area contributed by atoms with Gasteiger partial charge in [-0.05, 0) is 31.0 Å². The maximum Gasteiger partial charge on any atom is 0.242 e. The summed E-state index contributed by atoms with van der Waals surface area (Å²) in [6.07, 6.45) is 3.67. The van der Waals surface area contributed by atoms with Crippen molar-refractivity contribution in [2.45, 2.75) is 33.1 Å². The molecule has 1 fully saturated rings. The molecule has 95 valence electrons. The summed E-state index contributed by atoms with van der Waals surface area (Å²) >= 11 is 4.81. The van der Waals surface area contributed by atoms with E-state index in [1.54, 1.807) is 6.08 Å². The van der Waals surface area contributed by atoms with Crippen LogP contribution in [0.3, 0.4) is 0 Å². The van der Waals surface area contributed by atoms with Crippen LogP contribution in [0.25, 0.3) is 0 Å². The quantitative estimate of drug-likeness (QED) is 0.343. The third kappa shape index (κ3) is 3.20. The number of nitrogens with one attached hydrogen (secondary N) is 2. The minimum absolute atomic E-state index is 0. The second kappa shape index (κ2) is 7.38. The molecular weight excluding hydrogens is 259 g/mol. The average Bonchev–Trinajstić information content (AvgIpc) is 2.23. The Morgan fingerprint density at radius 1 is 1.39 bits per heavy atom. The van der Waals surface area contributed by atoms with Crippen molar-refractivity contribution in [2.24, 2.45) is 11.3 Å². The van der Waals surface area contributed by atoms with E-state index in [9.17, 15) is 9.59 Å². The van der Waals surface area contributed by atoms with Gasteiger partial charge >= 0.3 is 0 Å². The molecule has 18 heavy (non-hydrogen) atoms. The molecule has 0 aromatic heterocycles. The Labute approximate surface area is 135 Å². The largest absolute Gasteiger partial charge is 0.302 e. The molecule has 0 bridgehead atoms. The van der Waals surface area contributed by atoms with Crippen LogP contribution in [-0.4, -0.2) is 46.5 Å². The van der Waals surface area contributed by atoms with Crippen LogP contribution in [0.4, 0.5) is 0 Å². The number of amides is 2. The van der Waals surface area contributed by atoms with Crippen LogP contribution >= 0.6 is 12.2 Å². The molecule has 1 heterocycles. The van der Waals surface area contributed by atoms with Crippen LogP contribution in [0.1, 0.15) is 33.1 Å². The van der Waals surface area contributed by atoms with E-state index < -0.39 is 5.41 Å². The summed E-state index contributed by atoms with van der Waals surface area (Å²) in [5.74, 6) is -0.673. The first-order valence-electron chi connectivity index (χ1n) is 5.76. The topological polar surface area (TPSA) is 58.2 Å². The second-order valence-corrected chi connectivity index (χ2v) is 4.80. The fraction of sp³-hybridized carbons (Fsp3) is 0.583. The maximum absolute atomic E-state index is 12.1. The van der Waals surface area contributed by atoms with Crippen LogP contribution in [0.15, 0.2) is 12.7 Å². The van der Waals surface area contributed by atoms with E-state index in [2.05, 4.69) is 17.2 Å². The molecule has 0 aromatic rings. The summed E-state index contributed by atoms with van der Waals surface area (Å²) < 4.78 is 0. The molecule has 1 saturated heterocycles. The fourth-order valence-corrected chi connectivity index (χ4v) is 2.49. The van der Waals surface area contributed by atoms with Gasteiger partial charge in [0.05, 0.1) is 0 Å². The molecule has 4 nitrogen and oxygen atoms in total. The van der Waals surface area contributed by atoms with E-state index in [0.717, 1.165) is 12.8 Å². The van der Waals surface area contributed by atoms with E-state index in [4.69, 9.17) is 12.2 Å². The van der Waals surface area contributed by atoms with Crippen LogP contribution in [0.5, 0.6) is 0 Å². The van der Waals surface area contributed by atoms with Crippen molar-refractivity contribution >= 4 is 58.7 Å². The van der Waals surface area contributed by atoms with Gasteiger partial charge in [0.15, 0.2) is 5.11 Å². The number of rotatable bonds is 5. The standard InChI is InChI=1S/C12H18N2O2S.Na/c1-4-6-8(3)12(7-5-2)9(15)13-11(17)14-10(12)16;/h5,8H,2,4,6-7H2,1,3H3,(H2,13,14,15,16,17);. The number of allylic oxidation sites excluding steroid dienone is 1. The average molecular weight is 277 g/mol. The minimum Gasteiger partial charge on any atom is -0.302 e. The van der Waals surface area contributed by atoms with Gasteiger partial charge in [-0.25, -0.2) is 0 Å². The van der Waals surface area contributed by atoms with Crippen molar-refractivity contribution in [1.82, 2.24) is 10.6 Å². The molecular formula is C12H18N2NaO2S. The van der Waals surface area contributed by atoms with Crippen molar-refractivity contribution in [3.8, 4) is 0 Å². The van der Waals surface area contributed by atoms with E-state index in [-0.39, 0.29) is 52.4 Å². The minimum atomic E-state index is -1.07. The Bertz CT molecular complexity index is 351. The molecule has 1 rings (SSSR count). The van der Waals surface area contributed by atoms with Gasteiger partial charge in [-0.3, -0.25) is 9.59 Å². The molecule has 1 unspecified atom stereocenters. The third-order valence-electron chi connectivity index (χ3n) is 3.29. The third-order valence-corrected chi connectivity index (χ3v) is 3.50. The summed E-state index contributed by atoms with van der Waals surface area (Å²) in [6.45, 7) is 7.58. The molecule has 1 aliphatic heterocycles. The fourth-order valence-electron chi connectivity index (χ4n) is 2.30. The van der Waals surface area contributed by atoms with Gasteiger partial charge in [0.2, 0.25) is 11.8 Å². The van der Waals surface area contributed by atoms with Crippen LogP contribution in [0, 0.1) is 11.3 Å². The molecule has 0 saturated carbocycles. The van der Waals surface area contributed by atoms with E-state index in [1.165, 1.54) is 0 Å². The second-order valence-electron chi connectivity index (χ2n) is 4.39. The van der Waals surface area contributed by atoms with Gasteiger partial charge in [-0.2, -0.15) is 0 Å². The van der Waals surface area contributed by atoms with Crippen LogP contribution in [0.2, 0.25) is 0 Å². The van der Waals surface area contributed by atoms with Gasteiger partial charge < -0.3 is 10.6 Å². The van der Waals surface area contributed by atoms with Gasteiger partial charge in [0.25, 0.3) is 0 Å². The van der Waals surface area contributed by atoms with Crippen molar-refractivity contribution in [1.29, 1.82) is 0 Å². The van der Waals surface area contributed by atoms with Crippen molar-refractivity contribution in [2.75, 3.05) is 0 Å². The molecule has 2 N–H and O–H groups in total. The molecule has 0 spiro atoms. The number of thiocarbonyl (C=S) groups is 1. The van der Waals surface area contributed by atoms with E-state index in [0.29, 0.717) is 6.42 Å². The summed E-state index contributed by atoms with van der Waals surface area (Å²) in [5, 5.41) is 5.16. The summed E-state index contributed by atoms with van der Waals surface area (Å²) in [5.41, 5.74) is -1.07. The first-order chi connectivity index (χ1) is 7.98. The molecule has 6 heteroatoms. The molecule has 1 aliphatic rings. The Balaban J connectivity index is 0.00000289. The van der Waals surface area contributed by atoms with Gasteiger partial charge in [0.1, 0.15) is 5.41 Å². The Morgan fingerprint density at radius 2 is 1.89 bits per heavy atom. The number of carbonyl (C=O) groups is 2. The van der Waals surface area contributed by atoms with Gasteiger partial charge in [0, 0.05) is 29.6 Å². The number of carbonyl (C=O) groups excluding carboxylic acids is 2. The predicted molar refractivity (Wildman–Crippen MR) is 76.0 cm³/mol. The SMILES string of the molecule is C=CCC1(C(C)CCC)C(=O)NC(=S)NC1=O.[Na]. The summed E-state index contributed by atoms with van der Waals surface area (Å²) in [4.78, 5) is 24.3. The van der Waals surface area contributed by atoms with E-state index in [1.807, 2.05) is 13.8 Å². The first kappa shape index (κ1) is 17.8. The first-order valence-corrected chi connectivity index (χ1v) is 6.17. The van der Waals surface area contributed by atoms with Gasteiger partial charge in [-0.15, -0.1) is 6.58 Å². The van der Waals surface area contributed by atoms with Crippen LogP contribution in [-0.2, 0) is 9.59 Å². The maximum atomic E-state index is 12.1. The molecule has 0 aromatic carbocycles. The zero-order valence-electron chi connectivity index (χ0n) is 11.2. The zero-order chi connectivity index (χ0) is 13.1. The summed E-state index contributed by atoms with van der Waals surface area (Å²) in [7, 11) is 0. The van der Waals surface area contributed by atoms with Crippen molar-refractivity contribution in [3.63, 3.8) is 0 Å². The molecule has 0 aliphatic carbocycles. The summed E-state index contributed by atoms with van der Waals surface area (Å²) in [6, 6.07) is 0. The van der Waals surface area contributed by atoms with Gasteiger partial charge in [-0.1, -0.05) is 26.3 Å². The smallest absolute Gasteiger partial charge is 0.242 e. The number of hydrogen-bond acceptors (Lipinski definition) is 3. The van der Waals surface area contributed by atoms with E-state index >= 15 is 0 Å². The molecule has 2 amide bonds. The van der Waals surface area contributed by atoms with Crippen molar-refractivity contribution in [3.05, 3.63) is 12.7 Å². The zero-order valence-corrected chi connectivity index (χ0v) is 14.0. The monoisotopic (exact) mass is 277 g/mol. The van der Waals surface area contributed by atoms with Crippen molar-refractivity contribution < 1.29 is 9.59 Å². The normalized spacial score (nSPS) is 19.3. The molecule has 1 radical (unpaired) electrons. The Kier molecular flexibility index (Phi) is 7.29. The number of hydrogen-bond donors (Lipinski definition) is 2. The predicted octanol–water partition coefficient (Wildman–Crippen LogP) is 1.14. The molecule has 1 atom stereocenters. The van der Waals surface area contributed by atoms with Crippen LogP contribution < -0.4 is 10.6 Å². The Hall–Kier alpha value is -0.230.